The molecule has 2 heterocycles. The first-order chi connectivity index (χ1) is 12.4. The van der Waals surface area contributed by atoms with Crippen LogP contribution >= 0.6 is 11.6 Å². The van der Waals surface area contributed by atoms with Crippen LogP contribution in [0.25, 0.3) is 0 Å². The summed E-state index contributed by atoms with van der Waals surface area (Å²) in [6, 6.07) is -0.489. The molecule has 1 unspecified atom stereocenters. The van der Waals surface area contributed by atoms with Crippen LogP contribution in [-0.4, -0.2) is 33.2 Å². The number of nitrogens with zero attached hydrogens (tertiary/aromatic N) is 1. The number of carbonyl (C=O) groups excluding carboxylic acids is 1. The summed E-state index contributed by atoms with van der Waals surface area (Å²) >= 11 is 6.19. The van der Waals surface area contributed by atoms with Crippen LogP contribution in [-0.2, 0) is 22.7 Å². The topological polar surface area (TPSA) is 118 Å². The quantitative estimate of drug-likeness (QED) is 0.720. The first-order valence-corrected chi connectivity index (χ1v) is 8.14. The Kier molecular flexibility index (Phi) is 3.74. The highest BCUT2D eigenvalue weighted by Crippen LogP contribution is 2.45. The maximum atomic E-state index is 13.1. The lowest BCUT2D eigenvalue weighted by molar-refractivity contribution is -0.135. The van der Waals surface area contributed by atoms with Crippen molar-refractivity contribution in [3.05, 3.63) is 61.6 Å². The lowest BCUT2D eigenvalue weighted by Crippen LogP contribution is -2.38. The highest BCUT2D eigenvalue weighted by Gasteiger charge is 2.37. The van der Waals surface area contributed by atoms with Crippen molar-refractivity contribution >= 4 is 23.5 Å². The molecule has 2 aliphatic carbocycles. The number of hydrogen-bond acceptors (Lipinski definition) is 5. The molecule has 1 atom stereocenters. The fourth-order valence-corrected chi connectivity index (χ4v) is 3.75. The Morgan fingerprint density at radius 1 is 1.35 bits per heavy atom. The Balaban J connectivity index is 1.89. The second-order valence-corrected chi connectivity index (χ2v) is 6.48. The van der Waals surface area contributed by atoms with Gasteiger partial charge in [0.1, 0.15) is 17.9 Å². The van der Waals surface area contributed by atoms with Crippen molar-refractivity contribution in [1.82, 2.24) is 9.88 Å². The van der Waals surface area contributed by atoms with Gasteiger partial charge in [0, 0.05) is 10.6 Å². The summed E-state index contributed by atoms with van der Waals surface area (Å²) in [5.74, 6) is -2.69. The molecule has 2 bridgehead atoms. The van der Waals surface area contributed by atoms with Crippen molar-refractivity contribution in [1.29, 1.82) is 0 Å². The molecule has 1 aromatic rings. The minimum atomic E-state index is -1.26. The summed E-state index contributed by atoms with van der Waals surface area (Å²) in [7, 11) is 0. The number of aliphatic carboxylic acids is 1. The molecule has 9 heteroatoms. The summed E-state index contributed by atoms with van der Waals surface area (Å²) in [5.41, 5.74) is 1.11. The Morgan fingerprint density at radius 2 is 2.12 bits per heavy atom. The lowest BCUT2D eigenvalue weighted by Gasteiger charge is -2.21. The molecule has 0 saturated heterocycles. The van der Waals surface area contributed by atoms with Gasteiger partial charge in [-0.05, 0) is 17.2 Å². The predicted octanol–water partition coefficient (Wildman–Crippen LogP) is 0.942. The zero-order chi connectivity index (χ0) is 18.6. The first-order valence-electron chi connectivity index (χ1n) is 7.76. The average Bonchev–Trinajstić information content (AvgIpc) is 3.28. The molecule has 1 amide bonds. The number of carboxylic acids is 1. The number of rotatable bonds is 4. The molecule has 8 nitrogen and oxygen atoms in total. The molecule has 3 aliphatic rings. The van der Waals surface area contributed by atoms with Crippen molar-refractivity contribution < 1.29 is 24.5 Å². The Hall–Kier alpha value is -2.84. The van der Waals surface area contributed by atoms with Crippen molar-refractivity contribution in [2.24, 2.45) is 0 Å². The van der Waals surface area contributed by atoms with Crippen molar-refractivity contribution in [3.63, 3.8) is 0 Å². The number of nitrogens with one attached hydrogen (secondary N) is 1. The highest BCUT2D eigenvalue weighted by atomic mass is 35.5. The SMILES string of the molecule is O=C(O)CNC(=O)c1c(O)c2c(n(C3C4=CC(Cl)=C3C=C4)c1=O)COC2. The normalized spacial score (nSPS) is 19.7. The number of pyridine rings is 1. The Labute approximate surface area is 151 Å². The minimum absolute atomic E-state index is 0.0482. The number of fused-ring (bicyclic) bond motifs is 3. The van der Waals surface area contributed by atoms with Gasteiger partial charge in [0.15, 0.2) is 0 Å². The van der Waals surface area contributed by atoms with E-state index in [0.29, 0.717) is 16.3 Å². The number of amides is 1. The average molecular weight is 377 g/mol. The second-order valence-electron chi connectivity index (χ2n) is 6.08. The summed E-state index contributed by atoms with van der Waals surface area (Å²) in [6.07, 6.45) is 5.37. The van der Waals surface area contributed by atoms with Gasteiger partial charge in [-0.3, -0.25) is 19.0 Å². The summed E-state index contributed by atoms with van der Waals surface area (Å²) < 4.78 is 6.76. The van der Waals surface area contributed by atoms with Crippen LogP contribution in [0.2, 0.25) is 0 Å². The highest BCUT2D eigenvalue weighted by molar-refractivity contribution is 6.32. The summed E-state index contributed by atoms with van der Waals surface area (Å²) in [5, 5.41) is 21.8. The largest absolute Gasteiger partial charge is 0.506 e. The maximum absolute atomic E-state index is 13.1. The molecule has 1 aliphatic heterocycles. The number of aromatic nitrogens is 1. The van der Waals surface area contributed by atoms with Gasteiger partial charge in [-0.15, -0.1) is 0 Å². The van der Waals surface area contributed by atoms with Gasteiger partial charge in [-0.25, -0.2) is 0 Å². The third-order valence-corrected chi connectivity index (χ3v) is 4.93. The van der Waals surface area contributed by atoms with Crippen LogP contribution in [0.15, 0.2) is 39.2 Å². The van der Waals surface area contributed by atoms with Crippen LogP contribution in [0.3, 0.4) is 0 Å². The number of carbonyl (C=O) groups is 2. The van der Waals surface area contributed by atoms with Gasteiger partial charge in [0.05, 0.1) is 24.9 Å². The number of hydrogen-bond donors (Lipinski definition) is 3. The third-order valence-electron chi connectivity index (χ3n) is 4.60. The molecule has 1 aromatic heterocycles. The van der Waals surface area contributed by atoms with Crippen LogP contribution in [0.5, 0.6) is 5.75 Å². The van der Waals surface area contributed by atoms with Gasteiger partial charge in [-0.2, -0.15) is 0 Å². The van der Waals surface area contributed by atoms with E-state index in [-0.39, 0.29) is 13.2 Å². The number of allylic oxidation sites excluding steroid dienone is 6. The van der Waals surface area contributed by atoms with Crippen molar-refractivity contribution in [2.75, 3.05) is 6.54 Å². The fraction of sp³-hybridized carbons (Fsp3) is 0.235. The molecule has 0 fully saturated rings. The second kappa shape index (κ2) is 5.86. The van der Waals surface area contributed by atoms with E-state index in [1.54, 1.807) is 12.2 Å². The van der Waals surface area contributed by atoms with Crippen molar-refractivity contribution in [2.45, 2.75) is 19.3 Å². The zero-order valence-electron chi connectivity index (χ0n) is 13.3. The van der Waals surface area contributed by atoms with Crippen LogP contribution < -0.4 is 10.9 Å². The molecule has 0 saturated carbocycles. The van der Waals surface area contributed by atoms with Gasteiger partial charge >= 0.3 is 5.97 Å². The van der Waals surface area contributed by atoms with E-state index < -0.39 is 41.3 Å². The Bertz CT molecular complexity index is 1020. The summed E-state index contributed by atoms with van der Waals surface area (Å²) in [4.78, 5) is 36.1. The third kappa shape index (κ3) is 2.30. The molecule has 3 N–H and O–H groups in total. The number of aromatic hydroxyl groups is 1. The molecule has 134 valence electrons. The van der Waals surface area contributed by atoms with Gasteiger partial charge in [0.25, 0.3) is 11.5 Å². The van der Waals surface area contributed by atoms with Gasteiger partial charge in [-0.1, -0.05) is 23.8 Å². The van der Waals surface area contributed by atoms with Gasteiger partial charge < -0.3 is 20.3 Å². The predicted molar refractivity (Wildman–Crippen MR) is 90.0 cm³/mol. The molecule has 26 heavy (non-hydrogen) atoms. The molecule has 0 radical (unpaired) electrons. The number of carboxylic acid groups (broad SMARTS) is 1. The maximum Gasteiger partial charge on any atom is 0.322 e. The monoisotopic (exact) mass is 376 g/mol. The molecular formula is C17H13ClN2O6. The number of halogens is 1. The van der Waals surface area contributed by atoms with E-state index in [0.717, 1.165) is 11.1 Å². The van der Waals surface area contributed by atoms with E-state index in [9.17, 15) is 19.5 Å². The fourth-order valence-electron chi connectivity index (χ4n) is 3.46. The van der Waals surface area contributed by atoms with E-state index in [1.165, 1.54) is 4.57 Å². The Morgan fingerprint density at radius 3 is 2.73 bits per heavy atom. The molecule has 0 aromatic carbocycles. The minimum Gasteiger partial charge on any atom is -0.506 e. The summed E-state index contributed by atoms with van der Waals surface area (Å²) in [6.45, 7) is -0.505. The molecule has 0 spiro atoms. The van der Waals surface area contributed by atoms with E-state index in [2.05, 4.69) is 5.32 Å². The number of ether oxygens (including phenoxy) is 1. The van der Waals surface area contributed by atoms with E-state index in [4.69, 9.17) is 21.4 Å². The van der Waals surface area contributed by atoms with Gasteiger partial charge in [0.2, 0.25) is 0 Å². The lowest BCUT2D eigenvalue weighted by atomic mass is 10.0. The van der Waals surface area contributed by atoms with E-state index in [1.807, 2.05) is 6.08 Å². The van der Waals surface area contributed by atoms with Crippen LogP contribution in [0.1, 0.15) is 27.7 Å². The van der Waals surface area contributed by atoms with Crippen LogP contribution in [0.4, 0.5) is 0 Å². The van der Waals surface area contributed by atoms with Crippen LogP contribution in [0, 0.1) is 0 Å². The molecule has 4 rings (SSSR count). The zero-order valence-corrected chi connectivity index (χ0v) is 14.0. The standard InChI is InChI=1S/C17H13ClN2O6/c18-10-3-7-1-2-8(10)14(7)20-11-6-26-5-9(11)15(23)13(17(20)25)16(24)19-4-12(21)22/h1-3,14,23H,4-6H2,(H,19,24)(H,21,22). The molecular weight excluding hydrogens is 364 g/mol. The smallest absolute Gasteiger partial charge is 0.322 e. The van der Waals surface area contributed by atoms with E-state index >= 15 is 0 Å². The van der Waals surface area contributed by atoms with Crippen molar-refractivity contribution in [3.8, 4) is 5.75 Å². The first kappa shape index (κ1) is 16.6.